The number of nitrogens with two attached hydrogens (primary N) is 1. The Balaban J connectivity index is 2.26. The molecule has 0 saturated carbocycles. The first-order valence-electron chi connectivity index (χ1n) is 5.68. The van der Waals surface area contributed by atoms with Gasteiger partial charge in [-0.15, -0.1) is 0 Å². The number of likely N-dealkylation sites (tertiary alicyclic amines) is 1. The Bertz CT molecular complexity index is 199. The number of amides is 1. The minimum absolute atomic E-state index is 0.0835. The Kier molecular flexibility index (Phi) is 5.05. The van der Waals surface area contributed by atoms with Gasteiger partial charge in [-0.2, -0.15) is 0 Å². The molecular weight excluding hydrogens is 192 g/mol. The van der Waals surface area contributed by atoms with Crippen LogP contribution in [0.5, 0.6) is 0 Å². The van der Waals surface area contributed by atoms with Crippen molar-refractivity contribution >= 4 is 5.91 Å². The highest BCUT2D eigenvalue weighted by Gasteiger charge is 2.23. The highest BCUT2D eigenvalue weighted by Crippen LogP contribution is 2.20. The molecule has 0 spiro atoms. The minimum atomic E-state index is -0.361. The van der Waals surface area contributed by atoms with Gasteiger partial charge in [0.2, 0.25) is 5.91 Å². The summed E-state index contributed by atoms with van der Waals surface area (Å²) in [5, 5.41) is 0. The fourth-order valence-corrected chi connectivity index (χ4v) is 2.01. The van der Waals surface area contributed by atoms with Crippen molar-refractivity contribution in [2.45, 2.75) is 32.2 Å². The van der Waals surface area contributed by atoms with Crippen molar-refractivity contribution in [1.29, 1.82) is 0 Å². The van der Waals surface area contributed by atoms with Gasteiger partial charge in [-0.3, -0.25) is 4.79 Å². The zero-order chi connectivity index (χ0) is 11.3. The largest absolute Gasteiger partial charge is 0.385 e. The van der Waals surface area contributed by atoms with Gasteiger partial charge in [-0.25, -0.2) is 0 Å². The molecule has 4 nitrogen and oxygen atoms in total. The summed E-state index contributed by atoms with van der Waals surface area (Å²) >= 11 is 0. The van der Waals surface area contributed by atoms with Crippen molar-refractivity contribution in [3.05, 3.63) is 0 Å². The lowest BCUT2D eigenvalue weighted by atomic mass is 9.93. The Morgan fingerprint density at radius 3 is 2.60 bits per heavy atom. The summed E-state index contributed by atoms with van der Waals surface area (Å²) in [7, 11) is 1.73. The van der Waals surface area contributed by atoms with Gasteiger partial charge in [0.1, 0.15) is 0 Å². The van der Waals surface area contributed by atoms with E-state index in [0.717, 1.165) is 39.0 Å². The first kappa shape index (κ1) is 12.5. The third-order valence-electron chi connectivity index (χ3n) is 3.05. The van der Waals surface area contributed by atoms with Crippen molar-refractivity contribution in [2.24, 2.45) is 11.7 Å². The van der Waals surface area contributed by atoms with Crippen molar-refractivity contribution in [1.82, 2.24) is 4.90 Å². The Hall–Kier alpha value is -0.610. The molecule has 1 saturated heterocycles. The molecule has 0 aromatic heterocycles. The van der Waals surface area contributed by atoms with Crippen LogP contribution in [-0.4, -0.2) is 43.7 Å². The maximum absolute atomic E-state index is 11.6. The summed E-state index contributed by atoms with van der Waals surface area (Å²) in [6, 6.07) is -0.361. The van der Waals surface area contributed by atoms with E-state index in [9.17, 15) is 4.79 Å². The Labute approximate surface area is 91.8 Å². The zero-order valence-corrected chi connectivity index (χ0v) is 9.74. The molecule has 1 heterocycles. The first-order valence-corrected chi connectivity index (χ1v) is 5.68. The van der Waals surface area contributed by atoms with Crippen LogP contribution in [0.3, 0.4) is 0 Å². The van der Waals surface area contributed by atoms with Crippen LogP contribution in [-0.2, 0) is 9.53 Å². The average molecular weight is 214 g/mol. The van der Waals surface area contributed by atoms with Gasteiger partial charge >= 0.3 is 0 Å². The number of ether oxygens (including phenoxy) is 1. The van der Waals surface area contributed by atoms with Gasteiger partial charge < -0.3 is 15.4 Å². The number of hydrogen-bond donors (Lipinski definition) is 1. The standard InChI is InChI=1S/C11H22N2O2/c1-9(12)11(14)13-6-3-10(4-7-13)5-8-15-2/h9-10H,3-8,12H2,1-2H3/t9-/m0/s1. The Morgan fingerprint density at radius 1 is 1.53 bits per heavy atom. The van der Waals surface area contributed by atoms with E-state index in [2.05, 4.69) is 0 Å². The van der Waals surface area contributed by atoms with Gasteiger partial charge in [0, 0.05) is 26.8 Å². The van der Waals surface area contributed by atoms with E-state index in [-0.39, 0.29) is 11.9 Å². The van der Waals surface area contributed by atoms with Crippen LogP contribution in [0.2, 0.25) is 0 Å². The van der Waals surface area contributed by atoms with Crippen LogP contribution in [0.25, 0.3) is 0 Å². The number of hydrogen-bond acceptors (Lipinski definition) is 3. The van der Waals surface area contributed by atoms with E-state index in [1.54, 1.807) is 14.0 Å². The second-order valence-corrected chi connectivity index (χ2v) is 4.34. The SMILES string of the molecule is COCCC1CCN(C(=O)[C@H](C)N)CC1. The average Bonchev–Trinajstić information content (AvgIpc) is 2.26. The molecule has 1 amide bonds. The van der Waals surface area contributed by atoms with E-state index in [1.165, 1.54) is 0 Å². The van der Waals surface area contributed by atoms with Crippen LogP contribution in [0.15, 0.2) is 0 Å². The summed E-state index contributed by atoms with van der Waals surface area (Å²) in [6.45, 7) is 4.29. The quantitative estimate of drug-likeness (QED) is 0.746. The molecule has 15 heavy (non-hydrogen) atoms. The maximum Gasteiger partial charge on any atom is 0.239 e. The molecular formula is C11H22N2O2. The molecule has 1 fully saturated rings. The molecule has 1 rings (SSSR count). The van der Waals surface area contributed by atoms with Gasteiger partial charge in [0.15, 0.2) is 0 Å². The van der Waals surface area contributed by atoms with Gasteiger partial charge in [-0.1, -0.05) is 0 Å². The third kappa shape index (κ3) is 3.80. The van der Waals surface area contributed by atoms with E-state index >= 15 is 0 Å². The fourth-order valence-electron chi connectivity index (χ4n) is 2.01. The highest BCUT2D eigenvalue weighted by atomic mass is 16.5. The molecule has 1 aliphatic rings. The van der Waals surface area contributed by atoms with E-state index in [0.29, 0.717) is 5.92 Å². The molecule has 1 aliphatic heterocycles. The van der Waals surface area contributed by atoms with Crippen molar-refractivity contribution in [3.63, 3.8) is 0 Å². The topological polar surface area (TPSA) is 55.6 Å². The molecule has 0 aromatic carbocycles. The van der Waals surface area contributed by atoms with Crippen molar-refractivity contribution in [2.75, 3.05) is 26.8 Å². The number of nitrogens with zero attached hydrogens (tertiary/aromatic N) is 1. The summed E-state index contributed by atoms with van der Waals surface area (Å²) < 4.78 is 5.06. The van der Waals surface area contributed by atoms with Crippen LogP contribution in [0.1, 0.15) is 26.2 Å². The minimum Gasteiger partial charge on any atom is -0.385 e. The van der Waals surface area contributed by atoms with Gasteiger partial charge in [-0.05, 0) is 32.1 Å². The molecule has 4 heteroatoms. The van der Waals surface area contributed by atoms with E-state index < -0.39 is 0 Å². The van der Waals surface area contributed by atoms with Crippen molar-refractivity contribution < 1.29 is 9.53 Å². The molecule has 0 aromatic rings. The summed E-state index contributed by atoms with van der Waals surface area (Å²) in [5.41, 5.74) is 5.57. The third-order valence-corrected chi connectivity index (χ3v) is 3.05. The molecule has 0 bridgehead atoms. The second-order valence-electron chi connectivity index (χ2n) is 4.34. The number of carbonyl (C=O) groups excluding carboxylic acids is 1. The molecule has 1 atom stereocenters. The van der Waals surface area contributed by atoms with E-state index in [1.807, 2.05) is 4.90 Å². The fraction of sp³-hybridized carbons (Fsp3) is 0.909. The summed E-state index contributed by atoms with van der Waals surface area (Å²) in [5.74, 6) is 0.794. The summed E-state index contributed by atoms with van der Waals surface area (Å²) in [6.07, 6.45) is 3.28. The van der Waals surface area contributed by atoms with E-state index in [4.69, 9.17) is 10.5 Å². The smallest absolute Gasteiger partial charge is 0.239 e. The molecule has 0 radical (unpaired) electrons. The number of piperidine rings is 1. The van der Waals surface area contributed by atoms with Crippen LogP contribution in [0.4, 0.5) is 0 Å². The number of rotatable bonds is 4. The molecule has 2 N–H and O–H groups in total. The molecule has 88 valence electrons. The first-order chi connectivity index (χ1) is 7.15. The lowest BCUT2D eigenvalue weighted by Gasteiger charge is -2.32. The van der Waals surface area contributed by atoms with Crippen LogP contribution >= 0.6 is 0 Å². The normalized spacial score (nSPS) is 20.3. The monoisotopic (exact) mass is 214 g/mol. The second kappa shape index (κ2) is 6.08. The predicted molar refractivity (Wildman–Crippen MR) is 59.4 cm³/mol. The number of methoxy groups -OCH3 is 1. The highest BCUT2D eigenvalue weighted by molar-refractivity contribution is 5.81. The lowest BCUT2D eigenvalue weighted by molar-refractivity contribution is -0.133. The zero-order valence-electron chi connectivity index (χ0n) is 9.74. The molecule has 0 unspecified atom stereocenters. The van der Waals surface area contributed by atoms with Gasteiger partial charge in [0.05, 0.1) is 6.04 Å². The maximum atomic E-state index is 11.6. The predicted octanol–water partition coefficient (Wildman–Crippen LogP) is 0.609. The van der Waals surface area contributed by atoms with Crippen LogP contribution < -0.4 is 5.73 Å². The Morgan fingerprint density at radius 2 is 2.13 bits per heavy atom. The van der Waals surface area contributed by atoms with Crippen LogP contribution in [0, 0.1) is 5.92 Å². The summed E-state index contributed by atoms with van der Waals surface area (Å²) in [4.78, 5) is 13.5. The van der Waals surface area contributed by atoms with Crippen molar-refractivity contribution in [3.8, 4) is 0 Å². The van der Waals surface area contributed by atoms with Gasteiger partial charge in [0.25, 0.3) is 0 Å². The molecule has 0 aliphatic carbocycles. The lowest BCUT2D eigenvalue weighted by Crippen LogP contribution is -2.46. The number of carbonyl (C=O) groups is 1.